The van der Waals surface area contributed by atoms with E-state index < -0.39 is 17.2 Å². The van der Waals surface area contributed by atoms with E-state index >= 15 is 4.39 Å². The molecule has 0 unspecified atom stereocenters. The lowest BCUT2D eigenvalue weighted by Crippen LogP contribution is -2.33. The molecule has 0 spiro atoms. The molecule has 5 aromatic rings. The Hall–Kier alpha value is -4.76. The van der Waals surface area contributed by atoms with E-state index in [2.05, 4.69) is 15.2 Å². The van der Waals surface area contributed by atoms with Gasteiger partial charge in [0.05, 0.1) is 11.1 Å². The van der Waals surface area contributed by atoms with Crippen LogP contribution in [0, 0.1) is 5.82 Å². The predicted octanol–water partition coefficient (Wildman–Crippen LogP) is 5.61. The molecule has 0 atom stereocenters. The predicted molar refractivity (Wildman–Crippen MR) is 166 cm³/mol. The Balaban J connectivity index is 1.34. The standard InChI is InChI=1S/C34H32FN5O3/c1-38(18-13-23-9-4-5-14-36-23)34(42)26-21-40-28-12-11-22-8-2-3-10-24(22)32(28)43-33-29(37-15-19-39-16-6-7-17-39)27(35)20-25(30(33)40)31(26)41/h2-5,8-12,14,20-21,37H,6-7,13,15-19H2,1H3. The summed E-state index contributed by atoms with van der Waals surface area (Å²) in [6, 6.07) is 18.6. The summed E-state index contributed by atoms with van der Waals surface area (Å²) in [6.45, 7) is 3.76. The van der Waals surface area contributed by atoms with Crippen LogP contribution in [0.1, 0.15) is 28.9 Å². The Morgan fingerprint density at radius 1 is 1.05 bits per heavy atom. The number of carbonyl (C=O) groups excluding carboxylic acids is 1. The van der Waals surface area contributed by atoms with Crippen LogP contribution in [-0.4, -0.2) is 65.0 Å². The first kappa shape index (κ1) is 27.1. The largest absolute Gasteiger partial charge is 0.450 e. The molecular formula is C34H32FN5O3. The molecule has 1 amide bonds. The number of rotatable bonds is 8. The van der Waals surface area contributed by atoms with Crippen molar-refractivity contribution in [2.24, 2.45) is 0 Å². The van der Waals surface area contributed by atoms with Crippen LogP contribution >= 0.6 is 0 Å². The lowest BCUT2D eigenvalue weighted by Gasteiger charge is -2.28. The topological polar surface area (TPSA) is 79.7 Å². The maximum atomic E-state index is 15.9. The van der Waals surface area contributed by atoms with Crippen LogP contribution in [0.2, 0.25) is 0 Å². The number of likely N-dealkylation sites (N-methyl/N-ethyl adjacent to an activating group) is 1. The number of benzene rings is 3. The summed E-state index contributed by atoms with van der Waals surface area (Å²) in [5.41, 5.74) is 1.61. The van der Waals surface area contributed by atoms with Gasteiger partial charge in [-0.3, -0.25) is 14.6 Å². The molecule has 2 aliphatic rings. The number of amides is 1. The lowest BCUT2D eigenvalue weighted by molar-refractivity contribution is 0.0794. The Morgan fingerprint density at radius 3 is 2.67 bits per heavy atom. The van der Waals surface area contributed by atoms with Crippen molar-refractivity contribution in [1.29, 1.82) is 0 Å². The van der Waals surface area contributed by atoms with Crippen LogP contribution in [0.5, 0.6) is 11.5 Å². The molecule has 218 valence electrons. The van der Waals surface area contributed by atoms with Gasteiger partial charge < -0.3 is 24.4 Å². The second-order valence-corrected chi connectivity index (χ2v) is 11.2. The van der Waals surface area contributed by atoms with Crippen molar-refractivity contribution in [3.05, 3.63) is 100 Å². The van der Waals surface area contributed by atoms with Crippen molar-refractivity contribution in [1.82, 2.24) is 19.4 Å². The average molecular weight is 578 g/mol. The molecule has 7 rings (SSSR count). The highest BCUT2D eigenvalue weighted by molar-refractivity contribution is 6.03. The first-order chi connectivity index (χ1) is 21.0. The quantitative estimate of drug-likeness (QED) is 0.254. The van der Waals surface area contributed by atoms with Crippen molar-refractivity contribution in [2.45, 2.75) is 19.3 Å². The highest BCUT2D eigenvalue weighted by atomic mass is 19.1. The summed E-state index contributed by atoms with van der Waals surface area (Å²) in [5.74, 6) is -0.231. The average Bonchev–Trinajstić information content (AvgIpc) is 3.56. The van der Waals surface area contributed by atoms with E-state index in [4.69, 9.17) is 4.74 Å². The fourth-order valence-corrected chi connectivity index (χ4v) is 6.14. The zero-order chi connectivity index (χ0) is 29.5. The third-order valence-corrected chi connectivity index (χ3v) is 8.45. The van der Waals surface area contributed by atoms with Crippen molar-refractivity contribution in [3.8, 4) is 17.2 Å². The molecule has 9 heteroatoms. The molecule has 1 N–H and O–H groups in total. The van der Waals surface area contributed by atoms with E-state index in [1.807, 2.05) is 59.2 Å². The summed E-state index contributed by atoms with van der Waals surface area (Å²) in [5, 5.41) is 5.18. The van der Waals surface area contributed by atoms with Crippen molar-refractivity contribution in [3.63, 3.8) is 0 Å². The van der Waals surface area contributed by atoms with Gasteiger partial charge in [0.2, 0.25) is 5.43 Å². The molecule has 43 heavy (non-hydrogen) atoms. The summed E-state index contributed by atoms with van der Waals surface area (Å²) < 4.78 is 24.2. The van der Waals surface area contributed by atoms with E-state index in [1.54, 1.807) is 19.4 Å². The molecule has 0 radical (unpaired) electrons. The smallest absolute Gasteiger partial charge is 0.259 e. The van der Waals surface area contributed by atoms with E-state index in [0.717, 1.165) is 36.1 Å². The zero-order valence-corrected chi connectivity index (χ0v) is 24.0. The fourth-order valence-electron chi connectivity index (χ4n) is 6.14. The maximum Gasteiger partial charge on any atom is 0.259 e. The molecule has 0 aliphatic carbocycles. The first-order valence-corrected chi connectivity index (χ1v) is 14.7. The van der Waals surface area contributed by atoms with Gasteiger partial charge in [-0.15, -0.1) is 0 Å². The van der Waals surface area contributed by atoms with Crippen LogP contribution < -0.4 is 15.5 Å². The Bertz CT molecular complexity index is 1920. The van der Waals surface area contributed by atoms with Crippen molar-refractivity contribution < 1.29 is 13.9 Å². The van der Waals surface area contributed by atoms with Gasteiger partial charge in [-0.2, -0.15) is 0 Å². The summed E-state index contributed by atoms with van der Waals surface area (Å²) in [6.07, 6.45) is 6.18. The molecule has 1 saturated heterocycles. The number of ether oxygens (including phenoxy) is 1. The third-order valence-electron chi connectivity index (χ3n) is 8.45. The van der Waals surface area contributed by atoms with Gasteiger partial charge >= 0.3 is 0 Å². The SMILES string of the molecule is CN(CCc1ccccn1)C(=O)c1cn2c3c(c(NCCN4CCCC4)c(F)cc3c1=O)Oc1c-2ccc2ccccc12. The van der Waals surface area contributed by atoms with Crippen LogP contribution in [0.15, 0.2) is 77.9 Å². The lowest BCUT2D eigenvalue weighted by atomic mass is 10.0. The Morgan fingerprint density at radius 2 is 1.86 bits per heavy atom. The van der Waals surface area contributed by atoms with Crippen LogP contribution in [0.4, 0.5) is 10.1 Å². The van der Waals surface area contributed by atoms with Gasteiger partial charge in [-0.25, -0.2) is 4.39 Å². The van der Waals surface area contributed by atoms with Gasteiger partial charge in [0, 0.05) is 56.6 Å². The first-order valence-electron chi connectivity index (χ1n) is 14.7. The Labute approximate surface area is 248 Å². The third kappa shape index (κ3) is 4.89. The van der Waals surface area contributed by atoms with E-state index in [1.165, 1.54) is 23.8 Å². The number of nitrogens with one attached hydrogen (secondary N) is 1. The summed E-state index contributed by atoms with van der Waals surface area (Å²) >= 11 is 0. The van der Waals surface area contributed by atoms with Gasteiger partial charge in [-0.1, -0.05) is 36.4 Å². The van der Waals surface area contributed by atoms with Gasteiger partial charge in [0.1, 0.15) is 16.8 Å². The number of halogens is 1. The normalized spacial score (nSPS) is 14.1. The monoisotopic (exact) mass is 577 g/mol. The van der Waals surface area contributed by atoms with Gasteiger partial charge in [-0.05, 0) is 55.6 Å². The number of hydrogen-bond donors (Lipinski definition) is 1. The van der Waals surface area contributed by atoms with Crippen LogP contribution in [0.25, 0.3) is 27.4 Å². The maximum absolute atomic E-state index is 15.9. The molecular weight excluding hydrogens is 545 g/mol. The number of pyridine rings is 2. The number of anilines is 1. The molecule has 4 heterocycles. The minimum atomic E-state index is -0.593. The van der Waals surface area contributed by atoms with E-state index in [9.17, 15) is 9.59 Å². The minimum absolute atomic E-state index is 0.0304. The molecule has 2 aromatic heterocycles. The fraction of sp³-hybridized carbons (Fsp3) is 0.265. The van der Waals surface area contributed by atoms with Gasteiger partial charge in [0.15, 0.2) is 17.3 Å². The number of nitrogens with zero attached hydrogens (tertiary/aromatic N) is 4. The second kappa shape index (κ2) is 11.1. The van der Waals surface area contributed by atoms with E-state index in [-0.39, 0.29) is 22.4 Å². The summed E-state index contributed by atoms with van der Waals surface area (Å²) in [4.78, 5) is 35.7. The number of likely N-dealkylation sites (tertiary alicyclic amines) is 1. The minimum Gasteiger partial charge on any atom is -0.450 e. The number of aromatic nitrogens is 2. The molecule has 3 aromatic carbocycles. The molecule has 2 aliphatic heterocycles. The number of carbonyl (C=O) groups is 1. The Kier molecular flexibility index (Phi) is 7.02. The molecule has 0 saturated carbocycles. The van der Waals surface area contributed by atoms with Crippen molar-refractivity contribution in [2.75, 3.05) is 45.1 Å². The number of fused-ring (bicyclic) bond motifs is 4. The van der Waals surface area contributed by atoms with Crippen LogP contribution in [-0.2, 0) is 6.42 Å². The molecule has 8 nitrogen and oxygen atoms in total. The zero-order valence-electron chi connectivity index (χ0n) is 24.0. The number of hydrogen-bond acceptors (Lipinski definition) is 6. The summed E-state index contributed by atoms with van der Waals surface area (Å²) in [7, 11) is 1.66. The van der Waals surface area contributed by atoms with Crippen LogP contribution in [0.3, 0.4) is 0 Å². The molecule has 0 bridgehead atoms. The highest BCUT2D eigenvalue weighted by Crippen LogP contribution is 2.47. The second-order valence-electron chi connectivity index (χ2n) is 11.2. The van der Waals surface area contributed by atoms with Crippen molar-refractivity contribution >= 4 is 33.3 Å². The molecule has 1 fully saturated rings. The van der Waals surface area contributed by atoms with Gasteiger partial charge in [0.25, 0.3) is 5.91 Å². The van der Waals surface area contributed by atoms with E-state index in [0.29, 0.717) is 36.5 Å². The highest BCUT2D eigenvalue weighted by Gasteiger charge is 2.30.